The summed E-state index contributed by atoms with van der Waals surface area (Å²) in [4.78, 5) is 4.11. The van der Waals surface area contributed by atoms with Crippen LogP contribution in [0, 0.1) is 0 Å². The Morgan fingerprint density at radius 2 is 1.73 bits per heavy atom. The molecule has 0 aliphatic carbocycles. The summed E-state index contributed by atoms with van der Waals surface area (Å²) >= 11 is 0. The average Bonchev–Trinajstić information content (AvgIpc) is 2.65. The van der Waals surface area contributed by atoms with Crippen LogP contribution in [0.1, 0.15) is 0 Å². The lowest BCUT2D eigenvalue weighted by Crippen LogP contribution is -1.84. The van der Waals surface area contributed by atoms with Gasteiger partial charge in [-0.25, -0.2) is 4.98 Å². The molecular weight excluding hydrogens is 231 g/mol. The second-order valence-corrected chi connectivity index (χ2v) is 3.08. The third-order valence-corrected chi connectivity index (χ3v) is 2.30. The predicted octanol–water partition coefficient (Wildman–Crippen LogP) is 3.33. The van der Waals surface area contributed by atoms with Crippen LogP contribution in [0.3, 0.4) is 0 Å². The highest BCUT2D eigenvalue weighted by molar-refractivity contribution is 5.85. The van der Waals surface area contributed by atoms with E-state index in [4.69, 9.17) is 0 Å². The van der Waals surface area contributed by atoms with E-state index < -0.39 is 0 Å². The smallest absolute Gasteiger partial charge is 0.0997 e. The number of imidazole rings is 1. The van der Waals surface area contributed by atoms with Gasteiger partial charge < -0.3 is 0 Å². The Bertz CT molecular complexity index is 575. The van der Waals surface area contributed by atoms with Gasteiger partial charge in [0.15, 0.2) is 0 Å². The Labute approximate surface area is 99.8 Å². The standard InChI is InChI=1S/C11H8N2.2ClH/c1-2-4-11-9(3-1)5-6-10-7-12-8-13(10)11;;/h1-8H;2*1H. The molecule has 0 fully saturated rings. The van der Waals surface area contributed by atoms with Gasteiger partial charge in [-0.1, -0.05) is 24.3 Å². The van der Waals surface area contributed by atoms with Crippen LogP contribution >= 0.6 is 24.8 Å². The van der Waals surface area contributed by atoms with Gasteiger partial charge in [-0.3, -0.25) is 4.40 Å². The van der Waals surface area contributed by atoms with Crippen LogP contribution in [0.2, 0.25) is 0 Å². The van der Waals surface area contributed by atoms with E-state index in [9.17, 15) is 0 Å². The van der Waals surface area contributed by atoms with Crippen LogP contribution in [-0.4, -0.2) is 9.38 Å². The summed E-state index contributed by atoms with van der Waals surface area (Å²) in [6, 6.07) is 12.5. The normalized spacial score (nSPS) is 9.60. The Morgan fingerprint density at radius 1 is 0.933 bits per heavy atom. The maximum absolute atomic E-state index is 4.11. The van der Waals surface area contributed by atoms with Crippen molar-refractivity contribution in [2.24, 2.45) is 0 Å². The fraction of sp³-hybridized carbons (Fsp3) is 0. The fourth-order valence-corrected chi connectivity index (χ4v) is 1.65. The molecule has 2 nitrogen and oxygen atoms in total. The summed E-state index contributed by atoms with van der Waals surface area (Å²) in [6.45, 7) is 0. The highest BCUT2D eigenvalue weighted by atomic mass is 35.5. The van der Waals surface area contributed by atoms with Crippen molar-refractivity contribution in [3.05, 3.63) is 48.9 Å². The largest absolute Gasteiger partial charge is 0.299 e. The Balaban J connectivity index is 0.000000562. The van der Waals surface area contributed by atoms with E-state index in [2.05, 4.69) is 33.7 Å². The molecule has 0 unspecified atom stereocenters. The first-order valence-corrected chi connectivity index (χ1v) is 4.25. The van der Waals surface area contributed by atoms with Crippen molar-refractivity contribution in [3.8, 4) is 0 Å². The van der Waals surface area contributed by atoms with Gasteiger partial charge in [0, 0.05) is 0 Å². The summed E-state index contributed by atoms with van der Waals surface area (Å²) in [5.41, 5.74) is 2.34. The minimum Gasteiger partial charge on any atom is -0.299 e. The molecule has 2 heterocycles. The van der Waals surface area contributed by atoms with Crippen LogP contribution in [0.15, 0.2) is 48.9 Å². The topological polar surface area (TPSA) is 17.3 Å². The number of benzene rings is 1. The van der Waals surface area contributed by atoms with Crippen molar-refractivity contribution in [1.82, 2.24) is 9.38 Å². The van der Waals surface area contributed by atoms with Gasteiger partial charge in [-0.15, -0.1) is 24.8 Å². The molecule has 0 aliphatic heterocycles. The summed E-state index contributed by atoms with van der Waals surface area (Å²) in [5, 5.41) is 1.24. The molecule has 0 saturated carbocycles. The zero-order valence-electron chi connectivity index (χ0n) is 7.83. The number of pyridine rings is 1. The summed E-state index contributed by atoms with van der Waals surface area (Å²) in [6.07, 6.45) is 3.71. The quantitative estimate of drug-likeness (QED) is 0.590. The lowest BCUT2D eigenvalue weighted by atomic mass is 10.2. The first-order valence-electron chi connectivity index (χ1n) is 4.25. The van der Waals surface area contributed by atoms with E-state index in [1.165, 1.54) is 10.9 Å². The maximum Gasteiger partial charge on any atom is 0.0997 e. The minimum atomic E-state index is 0. The van der Waals surface area contributed by atoms with E-state index in [0.29, 0.717) is 0 Å². The third kappa shape index (κ3) is 1.78. The van der Waals surface area contributed by atoms with Crippen LogP contribution in [0.5, 0.6) is 0 Å². The number of fused-ring (bicyclic) bond motifs is 3. The third-order valence-electron chi connectivity index (χ3n) is 2.30. The van der Waals surface area contributed by atoms with E-state index in [1.54, 1.807) is 0 Å². The average molecular weight is 241 g/mol. The molecule has 0 amide bonds. The van der Waals surface area contributed by atoms with Crippen LogP contribution in [0.25, 0.3) is 16.4 Å². The van der Waals surface area contributed by atoms with Gasteiger partial charge in [0.25, 0.3) is 0 Å². The van der Waals surface area contributed by atoms with Crippen molar-refractivity contribution >= 4 is 41.2 Å². The van der Waals surface area contributed by atoms with Gasteiger partial charge in [0.2, 0.25) is 0 Å². The maximum atomic E-state index is 4.11. The van der Waals surface area contributed by atoms with Crippen molar-refractivity contribution in [2.75, 3.05) is 0 Å². The molecule has 15 heavy (non-hydrogen) atoms. The van der Waals surface area contributed by atoms with Crippen molar-refractivity contribution in [1.29, 1.82) is 0 Å². The van der Waals surface area contributed by atoms with E-state index in [1.807, 2.05) is 24.7 Å². The van der Waals surface area contributed by atoms with Crippen LogP contribution in [-0.2, 0) is 0 Å². The lowest BCUT2D eigenvalue weighted by molar-refractivity contribution is 1.21. The summed E-state index contributed by atoms with van der Waals surface area (Å²) in [5.74, 6) is 0. The molecule has 3 aromatic rings. The molecule has 1 aromatic carbocycles. The van der Waals surface area contributed by atoms with Crippen LogP contribution in [0.4, 0.5) is 0 Å². The number of hydrogen-bond donors (Lipinski definition) is 0. The highest BCUT2D eigenvalue weighted by Crippen LogP contribution is 2.15. The molecule has 78 valence electrons. The monoisotopic (exact) mass is 240 g/mol. The molecule has 0 aliphatic rings. The Hall–Kier alpha value is -1.25. The molecule has 0 spiro atoms. The zero-order chi connectivity index (χ0) is 8.67. The predicted molar refractivity (Wildman–Crippen MR) is 67.2 cm³/mol. The molecule has 0 radical (unpaired) electrons. The van der Waals surface area contributed by atoms with E-state index in [0.717, 1.165) is 5.52 Å². The highest BCUT2D eigenvalue weighted by Gasteiger charge is 1.97. The number of nitrogens with zero attached hydrogens (tertiary/aromatic N) is 2. The zero-order valence-corrected chi connectivity index (χ0v) is 9.46. The molecule has 3 rings (SSSR count). The second kappa shape index (κ2) is 4.51. The second-order valence-electron chi connectivity index (χ2n) is 3.08. The Morgan fingerprint density at radius 3 is 2.60 bits per heavy atom. The molecule has 0 atom stereocenters. The van der Waals surface area contributed by atoms with Crippen LogP contribution < -0.4 is 0 Å². The molecule has 0 saturated heterocycles. The van der Waals surface area contributed by atoms with Gasteiger partial charge in [0.05, 0.1) is 23.6 Å². The number of rotatable bonds is 0. The lowest BCUT2D eigenvalue weighted by Gasteiger charge is -2.00. The van der Waals surface area contributed by atoms with Gasteiger partial charge >= 0.3 is 0 Å². The van der Waals surface area contributed by atoms with Gasteiger partial charge in [-0.2, -0.15) is 0 Å². The Kier molecular flexibility index (Phi) is 3.56. The van der Waals surface area contributed by atoms with Gasteiger partial charge in [-0.05, 0) is 17.5 Å². The van der Waals surface area contributed by atoms with Crippen molar-refractivity contribution in [3.63, 3.8) is 0 Å². The van der Waals surface area contributed by atoms with Crippen molar-refractivity contribution in [2.45, 2.75) is 0 Å². The van der Waals surface area contributed by atoms with Crippen molar-refractivity contribution < 1.29 is 0 Å². The first-order chi connectivity index (χ1) is 6.45. The molecule has 2 aromatic heterocycles. The molecular formula is C11H10Cl2N2. The fourth-order valence-electron chi connectivity index (χ4n) is 1.65. The summed E-state index contributed by atoms with van der Waals surface area (Å²) < 4.78 is 2.09. The SMILES string of the molecule is Cl.Cl.c1ccc2c(c1)ccc1cncn12. The molecule has 0 N–H and O–H groups in total. The van der Waals surface area contributed by atoms with E-state index >= 15 is 0 Å². The number of halogens is 2. The number of para-hydroxylation sites is 1. The van der Waals surface area contributed by atoms with E-state index in [-0.39, 0.29) is 24.8 Å². The number of hydrogen-bond acceptors (Lipinski definition) is 1. The molecule has 0 bridgehead atoms. The number of aromatic nitrogens is 2. The first kappa shape index (κ1) is 11.8. The van der Waals surface area contributed by atoms with Gasteiger partial charge in [0.1, 0.15) is 0 Å². The summed E-state index contributed by atoms with van der Waals surface area (Å²) in [7, 11) is 0. The molecule has 4 heteroatoms. The minimum absolute atomic E-state index is 0.